The summed E-state index contributed by atoms with van der Waals surface area (Å²) in [6.07, 6.45) is 2.96. The molecule has 0 saturated heterocycles. The van der Waals surface area contributed by atoms with Gasteiger partial charge in [-0.25, -0.2) is 0 Å². The van der Waals surface area contributed by atoms with Crippen LogP contribution in [0.5, 0.6) is 0 Å². The number of ether oxygens (including phenoxy) is 1. The van der Waals surface area contributed by atoms with Crippen LogP contribution in [0.3, 0.4) is 0 Å². The molecular formula is C15H29BrN4O. The molecule has 0 amide bonds. The van der Waals surface area contributed by atoms with Gasteiger partial charge in [-0.05, 0) is 56.8 Å². The Hall–Kier alpha value is -0.430. The van der Waals surface area contributed by atoms with E-state index in [9.17, 15) is 0 Å². The molecule has 0 aromatic carbocycles. The first kappa shape index (κ1) is 18.6. The lowest BCUT2D eigenvalue weighted by Crippen LogP contribution is -2.42. The van der Waals surface area contributed by atoms with E-state index in [1.54, 1.807) is 7.11 Å². The summed E-state index contributed by atoms with van der Waals surface area (Å²) in [5, 5.41) is 8.11. The number of hydrogen-bond acceptors (Lipinski definition) is 4. The molecule has 0 fully saturated rings. The summed E-state index contributed by atoms with van der Waals surface area (Å²) >= 11 is 3.65. The predicted octanol–water partition coefficient (Wildman–Crippen LogP) is 2.67. The Morgan fingerprint density at radius 2 is 2.14 bits per heavy atom. The van der Waals surface area contributed by atoms with Gasteiger partial charge in [-0.2, -0.15) is 5.10 Å². The van der Waals surface area contributed by atoms with Gasteiger partial charge in [0.15, 0.2) is 0 Å². The van der Waals surface area contributed by atoms with Crippen LogP contribution in [0.15, 0.2) is 10.7 Å². The van der Waals surface area contributed by atoms with Crippen molar-refractivity contribution in [2.45, 2.75) is 45.4 Å². The van der Waals surface area contributed by atoms with Crippen molar-refractivity contribution >= 4 is 15.9 Å². The van der Waals surface area contributed by atoms with Gasteiger partial charge in [0.2, 0.25) is 0 Å². The zero-order chi connectivity index (χ0) is 16.0. The number of halogens is 1. The first-order valence-electron chi connectivity index (χ1n) is 7.48. The van der Waals surface area contributed by atoms with Crippen molar-refractivity contribution in [1.29, 1.82) is 0 Å². The molecule has 1 N–H and O–H groups in total. The lowest BCUT2D eigenvalue weighted by molar-refractivity contribution is -0.0137. The van der Waals surface area contributed by atoms with Crippen molar-refractivity contribution in [2.24, 2.45) is 0 Å². The quantitative estimate of drug-likeness (QED) is 0.734. The number of hydrogen-bond donors (Lipinski definition) is 1. The van der Waals surface area contributed by atoms with E-state index in [4.69, 9.17) is 4.74 Å². The SMILES string of the molecule is CCCNC(c1c(Br)cnn1CCN(C)C)C(C)(C)OC. The number of nitrogens with zero attached hydrogens (tertiary/aromatic N) is 3. The summed E-state index contributed by atoms with van der Waals surface area (Å²) in [7, 11) is 5.91. The van der Waals surface area contributed by atoms with E-state index in [0.29, 0.717) is 0 Å². The van der Waals surface area contributed by atoms with Crippen LogP contribution < -0.4 is 5.32 Å². The van der Waals surface area contributed by atoms with E-state index in [0.717, 1.165) is 36.2 Å². The normalized spacial score (nSPS) is 13.9. The smallest absolute Gasteiger partial charge is 0.0832 e. The average molecular weight is 361 g/mol. The maximum Gasteiger partial charge on any atom is 0.0832 e. The highest BCUT2D eigenvalue weighted by atomic mass is 79.9. The second-order valence-corrected chi connectivity index (χ2v) is 6.95. The number of nitrogens with one attached hydrogen (secondary N) is 1. The van der Waals surface area contributed by atoms with Crippen molar-refractivity contribution in [3.05, 3.63) is 16.4 Å². The van der Waals surface area contributed by atoms with Crippen molar-refractivity contribution in [2.75, 3.05) is 34.3 Å². The molecule has 1 aromatic rings. The minimum Gasteiger partial charge on any atom is -0.377 e. The lowest BCUT2D eigenvalue weighted by Gasteiger charge is -2.34. The van der Waals surface area contributed by atoms with E-state index in [1.165, 1.54) is 0 Å². The van der Waals surface area contributed by atoms with Gasteiger partial charge in [-0.1, -0.05) is 6.92 Å². The second kappa shape index (κ2) is 8.27. The molecule has 122 valence electrons. The predicted molar refractivity (Wildman–Crippen MR) is 90.6 cm³/mol. The molecule has 0 bridgehead atoms. The number of methoxy groups -OCH3 is 1. The Balaban J connectivity index is 3.08. The maximum absolute atomic E-state index is 5.72. The largest absolute Gasteiger partial charge is 0.377 e. The molecule has 1 heterocycles. The highest BCUT2D eigenvalue weighted by molar-refractivity contribution is 9.10. The Bertz CT molecular complexity index is 431. The van der Waals surface area contributed by atoms with Crippen LogP contribution in [0.1, 0.15) is 38.9 Å². The van der Waals surface area contributed by atoms with Crippen LogP contribution in [0.4, 0.5) is 0 Å². The summed E-state index contributed by atoms with van der Waals surface area (Å²) in [5.41, 5.74) is 0.838. The van der Waals surface area contributed by atoms with Crippen LogP contribution >= 0.6 is 15.9 Å². The van der Waals surface area contributed by atoms with Gasteiger partial charge in [0, 0.05) is 13.7 Å². The van der Waals surface area contributed by atoms with Crippen LogP contribution in [-0.4, -0.2) is 54.6 Å². The van der Waals surface area contributed by atoms with Crippen LogP contribution in [0.25, 0.3) is 0 Å². The molecule has 5 nitrogen and oxygen atoms in total. The molecule has 0 aliphatic heterocycles. The minimum absolute atomic E-state index is 0.0847. The molecule has 6 heteroatoms. The summed E-state index contributed by atoms with van der Waals surface area (Å²) in [4.78, 5) is 2.16. The molecule has 1 aromatic heterocycles. The molecule has 0 aliphatic carbocycles. The molecule has 0 aliphatic rings. The van der Waals surface area contributed by atoms with Crippen LogP contribution in [0, 0.1) is 0 Å². The Morgan fingerprint density at radius 3 is 2.67 bits per heavy atom. The summed E-state index contributed by atoms with van der Waals surface area (Å²) in [6.45, 7) is 9.14. The third-order valence-electron chi connectivity index (χ3n) is 3.69. The molecule has 1 unspecified atom stereocenters. The fourth-order valence-electron chi connectivity index (χ4n) is 2.21. The zero-order valence-electron chi connectivity index (χ0n) is 14.1. The summed E-state index contributed by atoms with van der Waals surface area (Å²) < 4.78 is 8.82. The van der Waals surface area contributed by atoms with Gasteiger partial charge >= 0.3 is 0 Å². The Labute approximate surface area is 137 Å². The van der Waals surface area contributed by atoms with Crippen LogP contribution in [0.2, 0.25) is 0 Å². The molecule has 21 heavy (non-hydrogen) atoms. The molecule has 0 saturated carbocycles. The van der Waals surface area contributed by atoms with Gasteiger partial charge in [0.05, 0.1) is 34.6 Å². The lowest BCUT2D eigenvalue weighted by atomic mass is 9.95. The monoisotopic (exact) mass is 360 g/mol. The van der Waals surface area contributed by atoms with E-state index < -0.39 is 0 Å². The summed E-state index contributed by atoms with van der Waals surface area (Å²) in [5.74, 6) is 0. The first-order chi connectivity index (χ1) is 9.83. The standard InChI is InChI=1S/C15H29BrN4O/c1-7-8-17-14(15(2,3)21-6)13-12(16)11-18-20(13)10-9-19(4)5/h11,14,17H,7-10H2,1-6H3. The van der Waals surface area contributed by atoms with E-state index in [1.807, 2.05) is 6.20 Å². The third-order valence-corrected chi connectivity index (χ3v) is 4.30. The maximum atomic E-state index is 5.72. The van der Waals surface area contributed by atoms with Crippen LogP contribution in [-0.2, 0) is 11.3 Å². The third kappa shape index (κ3) is 5.06. The Kier molecular flexibility index (Phi) is 7.33. The van der Waals surface area contributed by atoms with Crippen molar-refractivity contribution < 1.29 is 4.74 Å². The first-order valence-corrected chi connectivity index (χ1v) is 8.27. The van der Waals surface area contributed by atoms with Gasteiger partial charge in [-0.15, -0.1) is 0 Å². The van der Waals surface area contributed by atoms with E-state index in [-0.39, 0.29) is 11.6 Å². The second-order valence-electron chi connectivity index (χ2n) is 6.10. The van der Waals surface area contributed by atoms with Gasteiger partial charge < -0.3 is 15.0 Å². The van der Waals surface area contributed by atoms with Gasteiger partial charge in [-0.3, -0.25) is 4.68 Å². The minimum atomic E-state index is -0.312. The fraction of sp³-hybridized carbons (Fsp3) is 0.800. The Morgan fingerprint density at radius 1 is 1.48 bits per heavy atom. The number of likely N-dealkylation sites (N-methyl/N-ethyl adjacent to an activating group) is 1. The van der Waals surface area contributed by atoms with E-state index >= 15 is 0 Å². The fourth-order valence-corrected chi connectivity index (χ4v) is 2.74. The summed E-state index contributed by atoms with van der Waals surface area (Å²) in [6, 6.07) is 0.0847. The molecule has 1 atom stereocenters. The average Bonchev–Trinajstić information content (AvgIpc) is 2.78. The molecule has 0 spiro atoms. The van der Waals surface area contributed by atoms with Crippen molar-refractivity contribution in [3.63, 3.8) is 0 Å². The highest BCUT2D eigenvalue weighted by Gasteiger charge is 2.34. The number of aromatic nitrogens is 2. The van der Waals surface area contributed by atoms with Gasteiger partial charge in [0.25, 0.3) is 0 Å². The van der Waals surface area contributed by atoms with Crippen molar-refractivity contribution in [3.8, 4) is 0 Å². The van der Waals surface area contributed by atoms with E-state index in [2.05, 4.69) is 70.8 Å². The molecule has 1 rings (SSSR count). The number of rotatable bonds is 9. The molecule has 0 radical (unpaired) electrons. The van der Waals surface area contributed by atoms with Crippen molar-refractivity contribution in [1.82, 2.24) is 20.0 Å². The van der Waals surface area contributed by atoms with Gasteiger partial charge in [0.1, 0.15) is 0 Å². The zero-order valence-corrected chi connectivity index (χ0v) is 15.7. The highest BCUT2D eigenvalue weighted by Crippen LogP contribution is 2.33. The molecular weight excluding hydrogens is 332 g/mol. The topological polar surface area (TPSA) is 42.3 Å².